The number of aromatic nitrogens is 2. The number of hydrogen-bond acceptors (Lipinski definition) is 9. The molecule has 156 valence electrons. The molecule has 0 saturated heterocycles. The van der Waals surface area contributed by atoms with Crippen molar-refractivity contribution in [2.45, 2.75) is 32.4 Å². The van der Waals surface area contributed by atoms with Crippen molar-refractivity contribution in [2.75, 3.05) is 19.0 Å². The van der Waals surface area contributed by atoms with Crippen molar-refractivity contribution in [3.63, 3.8) is 0 Å². The largest absolute Gasteiger partial charge is 0.467 e. The van der Waals surface area contributed by atoms with Crippen molar-refractivity contribution < 1.29 is 29.0 Å². The zero-order valence-corrected chi connectivity index (χ0v) is 17.2. The number of aliphatic hydroxyl groups excluding tert-OH is 1. The predicted octanol–water partition coefficient (Wildman–Crippen LogP) is 1.82. The molecular formula is C18H22N4O6S. The molecule has 2 heterocycles. The molecule has 2 rings (SSSR count). The number of aliphatic hydroxyl groups is 1. The number of carbonyl (C=O) groups excluding carboxylic acids is 3. The molecule has 0 aliphatic carbocycles. The first kappa shape index (κ1) is 22.2. The van der Waals surface area contributed by atoms with Gasteiger partial charge >= 0.3 is 12.1 Å². The number of rotatable bonds is 6. The second-order valence-corrected chi connectivity index (χ2v) is 7.69. The topological polar surface area (TPSA) is 140 Å². The Morgan fingerprint density at radius 2 is 2.00 bits per heavy atom. The first-order chi connectivity index (χ1) is 13.6. The molecule has 0 bridgehead atoms. The quantitative estimate of drug-likeness (QED) is 0.599. The highest BCUT2D eigenvalue weighted by Gasteiger charge is 2.23. The van der Waals surface area contributed by atoms with Crippen LogP contribution in [0.3, 0.4) is 0 Å². The predicted molar refractivity (Wildman–Crippen MR) is 106 cm³/mol. The Hall–Kier alpha value is -3.05. The number of nitrogens with one attached hydrogen (secondary N) is 2. The van der Waals surface area contributed by atoms with E-state index in [0.717, 1.165) is 7.11 Å². The highest BCUT2D eigenvalue weighted by molar-refractivity contribution is 7.13. The van der Waals surface area contributed by atoms with E-state index in [1.165, 1.54) is 22.9 Å². The average molecular weight is 422 g/mol. The molecule has 2 aromatic rings. The van der Waals surface area contributed by atoms with Crippen LogP contribution in [0, 0.1) is 0 Å². The highest BCUT2D eigenvalue weighted by atomic mass is 32.1. The van der Waals surface area contributed by atoms with Crippen LogP contribution in [0.15, 0.2) is 23.7 Å². The molecule has 1 atom stereocenters. The molecule has 10 nitrogen and oxygen atoms in total. The van der Waals surface area contributed by atoms with Crippen molar-refractivity contribution in [1.29, 1.82) is 0 Å². The van der Waals surface area contributed by atoms with Gasteiger partial charge in [0.15, 0.2) is 6.04 Å². The van der Waals surface area contributed by atoms with E-state index in [-0.39, 0.29) is 5.69 Å². The second kappa shape index (κ2) is 9.43. The molecule has 0 saturated carbocycles. The Balaban J connectivity index is 2.04. The lowest BCUT2D eigenvalue weighted by atomic mass is 10.2. The normalized spacial score (nSPS) is 12.0. The van der Waals surface area contributed by atoms with E-state index < -0.39 is 36.2 Å². The third kappa shape index (κ3) is 6.50. The first-order valence-corrected chi connectivity index (χ1v) is 9.42. The lowest BCUT2D eigenvalue weighted by Gasteiger charge is -2.19. The highest BCUT2D eigenvalue weighted by Crippen LogP contribution is 2.24. The second-order valence-electron chi connectivity index (χ2n) is 6.83. The van der Waals surface area contributed by atoms with Gasteiger partial charge < -0.3 is 19.9 Å². The van der Waals surface area contributed by atoms with E-state index in [2.05, 4.69) is 25.3 Å². The summed E-state index contributed by atoms with van der Waals surface area (Å²) in [5.74, 6) is -1.07. The molecular weight excluding hydrogens is 400 g/mol. The zero-order chi connectivity index (χ0) is 21.6. The number of anilines is 1. The molecule has 3 N–H and O–H groups in total. The smallest absolute Gasteiger partial charge is 0.413 e. The van der Waals surface area contributed by atoms with Crippen LogP contribution >= 0.6 is 11.3 Å². The van der Waals surface area contributed by atoms with Gasteiger partial charge in [0.1, 0.15) is 22.1 Å². The summed E-state index contributed by atoms with van der Waals surface area (Å²) >= 11 is 1.20. The van der Waals surface area contributed by atoms with Gasteiger partial charge in [0.05, 0.1) is 13.7 Å². The van der Waals surface area contributed by atoms with Gasteiger partial charge in [-0.1, -0.05) is 0 Å². The average Bonchev–Trinajstić information content (AvgIpc) is 3.14. The Morgan fingerprint density at radius 1 is 1.28 bits per heavy atom. The number of esters is 1. The van der Waals surface area contributed by atoms with Crippen LogP contribution in [0.1, 0.15) is 31.3 Å². The maximum atomic E-state index is 12.2. The first-order valence-electron chi connectivity index (χ1n) is 8.54. The van der Waals surface area contributed by atoms with Crippen LogP contribution in [0.25, 0.3) is 10.6 Å². The maximum Gasteiger partial charge on any atom is 0.413 e. The van der Waals surface area contributed by atoms with Crippen LogP contribution in [0.2, 0.25) is 0 Å². The van der Waals surface area contributed by atoms with Crippen molar-refractivity contribution in [1.82, 2.24) is 15.3 Å². The molecule has 0 fully saturated rings. The summed E-state index contributed by atoms with van der Waals surface area (Å²) in [6.45, 7) is 4.68. The fraction of sp³-hybridized carbons (Fsp3) is 0.389. The molecule has 29 heavy (non-hydrogen) atoms. The molecule has 0 spiro atoms. The molecule has 2 amide bonds. The van der Waals surface area contributed by atoms with E-state index in [4.69, 9.17) is 4.74 Å². The fourth-order valence-electron chi connectivity index (χ4n) is 2.07. The molecule has 0 aliphatic rings. The summed E-state index contributed by atoms with van der Waals surface area (Å²) in [6.07, 6.45) is 0.882. The summed E-state index contributed by atoms with van der Waals surface area (Å²) in [5.41, 5.74) is 0.101. The Kier molecular flexibility index (Phi) is 7.23. The van der Waals surface area contributed by atoms with Gasteiger partial charge in [-0.2, -0.15) is 0 Å². The van der Waals surface area contributed by atoms with Crippen molar-refractivity contribution in [3.05, 3.63) is 29.4 Å². The molecule has 0 aromatic carbocycles. The molecule has 2 aromatic heterocycles. The van der Waals surface area contributed by atoms with E-state index in [1.807, 2.05) is 0 Å². The van der Waals surface area contributed by atoms with Crippen LogP contribution in [0.4, 0.5) is 10.6 Å². The third-order valence-electron chi connectivity index (χ3n) is 3.35. The zero-order valence-electron chi connectivity index (χ0n) is 16.4. The Morgan fingerprint density at radius 3 is 2.55 bits per heavy atom. The Bertz CT molecular complexity index is 875. The minimum Gasteiger partial charge on any atom is -0.467 e. The summed E-state index contributed by atoms with van der Waals surface area (Å²) in [7, 11) is 1.16. The van der Waals surface area contributed by atoms with Gasteiger partial charge in [-0.25, -0.2) is 19.6 Å². The SMILES string of the molecule is COC(=O)[C@H](CO)NC(=O)c1csc(-c2ccc(NC(=O)OC(C)(C)C)nc2)n1. The van der Waals surface area contributed by atoms with Crippen molar-refractivity contribution in [2.24, 2.45) is 0 Å². The van der Waals surface area contributed by atoms with Gasteiger partial charge in [0, 0.05) is 17.1 Å². The number of hydrogen-bond donors (Lipinski definition) is 3. The third-order valence-corrected chi connectivity index (χ3v) is 4.24. The van der Waals surface area contributed by atoms with Crippen LogP contribution in [0.5, 0.6) is 0 Å². The number of carbonyl (C=O) groups is 3. The minimum absolute atomic E-state index is 0.0864. The van der Waals surface area contributed by atoms with E-state index >= 15 is 0 Å². The van der Waals surface area contributed by atoms with Crippen LogP contribution in [-0.4, -0.2) is 58.4 Å². The summed E-state index contributed by atoms with van der Waals surface area (Å²) in [4.78, 5) is 43.8. The number of pyridine rings is 1. The van der Waals surface area contributed by atoms with Gasteiger partial charge in [-0.15, -0.1) is 11.3 Å². The van der Waals surface area contributed by atoms with E-state index in [9.17, 15) is 19.5 Å². The van der Waals surface area contributed by atoms with Gasteiger partial charge in [-0.3, -0.25) is 10.1 Å². The molecule has 0 unspecified atom stereocenters. The number of methoxy groups -OCH3 is 1. The number of thiazole rings is 1. The van der Waals surface area contributed by atoms with Crippen LogP contribution < -0.4 is 10.6 Å². The number of nitrogens with zero attached hydrogens (tertiary/aromatic N) is 2. The molecule has 11 heteroatoms. The molecule has 0 radical (unpaired) electrons. The monoisotopic (exact) mass is 422 g/mol. The van der Waals surface area contributed by atoms with Crippen LogP contribution in [-0.2, 0) is 14.3 Å². The summed E-state index contributed by atoms with van der Waals surface area (Å²) in [5, 5.41) is 16.1. The standard InChI is InChI=1S/C18H22N4O6S/c1-18(2,3)28-17(26)22-13-6-5-10(7-19-13)15-21-12(9-29-15)14(24)20-11(8-23)16(25)27-4/h5-7,9,11,23H,8H2,1-4H3,(H,20,24)(H,19,22,26)/t11-/m0/s1. The maximum absolute atomic E-state index is 12.2. The minimum atomic E-state index is -1.17. The van der Waals surface area contributed by atoms with Gasteiger partial charge in [0.2, 0.25) is 0 Å². The van der Waals surface area contributed by atoms with E-state index in [1.54, 1.807) is 32.9 Å². The van der Waals surface area contributed by atoms with Crippen molar-refractivity contribution in [3.8, 4) is 10.6 Å². The van der Waals surface area contributed by atoms with Crippen molar-refractivity contribution >= 4 is 35.1 Å². The number of amides is 2. The molecule has 0 aliphatic heterocycles. The fourth-order valence-corrected chi connectivity index (χ4v) is 2.86. The summed E-state index contributed by atoms with van der Waals surface area (Å²) in [6, 6.07) is 2.10. The van der Waals surface area contributed by atoms with E-state index in [0.29, 0.717) is 16.4 Å². The lowest BCUT2D eigenvalue weighted by Crippen LogP contribution is -2.44. The number of ether oxygens (including phenoxy) is 2. The Labute approximate surface area is 171 Å². The lowest BCUT2D eigenvalue weighted by molar-refractivity contribution is -0.143. The van der Waals surface area contributed by atoms with Gasteiger partial charge in [0.25, 0.3) is 5.91 Å². The summed E-state index contributed by atoms with van der Waals surface area (Å²) < 4.78 is 9.66. The van der Waals surface area contributed by atoms with Gasteiger partial charge in [-0.05, 0) is 32.9 Å².